The summed E-state index contributed by atoms with van der Waals surface area (Å²) in [5, 5.41) is 9.73. The number of hydrogen-bond donors (Lipinski definition) is 2. The minimum absolute atomic E-state index is 0.134. The Kier molecular flexibility index (Phi) is 4.59. The van der Waals surface area contributed by atoms with Crippen LogP contribution >= 0.6 is 11.3 Å². The average Bonchev–Trinajstić information content (AvgIpc) is 2.83. The predicted octanol–water partition coefficient (Wildman–Crippen LogP) is 2.74. The molecule has 2 unspecified atom stereocenters. The van der Waals surface area contributed by atoms with Gasteiger partial charge in [0.1, 0.15) is 5.01 Å². The number of carbonyl (C=O) groups is 1. The normalized spacial score (nSPS) is 31.0. The maximum absolute atomic E-state index is 12.4. The summed E-state index contributed by atoms with van der Waals surface area (Å²) in [6.45, 7) is 0. The molecule has 1 amide bonds. The summed E-state index contributed by atoms with van der Waals surface area (Å²) in [6.07, 6.45) is -0.684. The molecule has 128 valence electrons. The van der Waals surface area contributed by atoms with Crippen LogP contribution in [-0.4, -0.2) is 28.3 Å². The Morgan fingerprint density at radius 2 is 1.91 bits per heavy atom. The van der Waals surface area contributed by atoms with Crippen molar-refractivity contribution in [1.29, 1.82) is 0 Å². The first-order valence-electron chi connectivity index (χ1n) is 7.77. The summed E-state index contributed by atoms with van der Waals surface area (Å²) < 4.78 is 36.9. The molecule has 2 fully saturated rings. The first-order chi connectivity index (χ1) is 10.8. The van der Waals surface area contributed by atoms with Crippen LogP contribution in [0.15, 0.2) is 0 Å². The number of anilines is 1. The van der Waals surface area contributed by atoms with E-state index in [0.29, 0.717) is 11.8 Å². The van der Waals surface area contributed by atoms with Crippen molar-refractivity contribution in [1.82, 2.24) is 10.2 Å². The van der Waals surface area contributed by atoms with Gasteiger partial charge in [0, 0.05) is 12.0 Å². The maximum atomic E-state index is 12.4. The highest BCUT2D eigenvalue weighted by Crippen LogP contribution is 2.42. The minimum atomic E-state index is -4.32. The fourth-order valence-corrected chi connectivity index (χ4v) is 4.53. The summed E-state index contributed by atoms with van der Waals surface area (Å²) in [7, 11) is 0. The third-order valence-electron chi connectivity index (χ3n) is 4.83. The van der Waals surface area contributed by atoms with Gasteiger partial charge in [0.2, 0.25) is 11.0 Å². The number of amides is 1. The Labute approximate surface area is 135 Å². The van der Waals surface area contributed by atoms with Crippen LogP contribution in [0.2, 0.25) is 0 Å². The van der Waals surface area contributed by atoms with E-state index in [1.165, 1.54) is 0 Å². The second kappa shape index (κ2) is 6.35. The van der Waals surface area contributed by atoms with Crippen LogP contribution in [0.1, 0.15) is 37.1 Å². The van der Waals surface area contributed by atoms with E-state index in [0.717, 1.165) is 43.4 Å². The standard InChI is InChI=1S/C14H19F3N4OS/c15-14(16,17)6-10-20-21-13(23-10)19-12(22)9-4-7-2-1-3-8(5-9)11(7)18/h7-9,11H,1-6,18H2,(H,19,21,22). The van der Waals surface area contributed by atoms with Gasteiger partial charge in [-0.15, -0.1) is 10.2 Å². The zero-order valence-electron chi connectivity index (χ0n) is 12.5. The number of aromatic nitrogens is 2. The molecule has 1 aromatic heterocycles. The molecule has 2 saturated carbocycles. The molecule has 9 heteroatoms. The van der Waals surface area contributed by atoms with Crippen molar-refractivity contribution < 1.29 is 18.0 Å². The van der Waals surface area contributed by atoms with Crippen molar-refractivity contribution in [2.45, 2.75) is 50.7 Å². The van der Waals surface area contributed by atoms with E-state index < -0.39 is 12.6 Å². The van der Waals surface area contributed by atoms with Crippen molar-refractivity contribution in [3.63, 3.8) is 0 Å². The van der Waals surface area contributed by atoms with E-state index in [2.05, 4.69) is 15.5 Å². The Morgan fingerprint density at radius 3 is 2.52 bits per heavy atom. The monoisotopic (exact) mass is 348 g/mol. The van der Waals surface area contributed by atoms with Gasteiger partial charge in [-0.2, -0.15) is 13.2 Å². The third kappa shape index (κ3) is 4.00. The third-order valence-corrected chi connectivity index (χ3v) is 5.67. The van der Waals surface area contributed by atoms with Crippen LogP contribution in [0.3, 0.4) is 0 Å². The largest absolute Gasteiger partial charge is 0.395 e. The van der Waals surface area contributed by atoms with Crippen LogP contribution in [0.5, 0.6) is 0 Å². The number of halogens is 3. The van der Waals surface area contributed by atoms with Crippen molar-refractivity contribution in [2.24, 2.45) is 23.5 Å². The number of nitrogens with two attached hydrogens (primary N) is 1. The first kappa shape index (κ1) is 16.6. The van der Waals surface area contributed by atoms with Crippen LogP contribution in [0.4, 0.5) is 18.3 Å². The Morgan fingerprint density at radius 1 is 1.26 bits per heavy atom. The van der Waals surface area contributed by atoms with Crippen molar-refractivity contribution in [2.75, 3.05) is 5.32 Å². The van der Waals surface area contributed by atoms with Gasteiger partial charge in [0.25, 0.3) is 0 Å². The van der Waals surface area contributed by atoms with Crippen LogP contribution < -0.4 is 11.1 Å². The summed E-state index contributed by atoms with van der Waals surface area (Å²) in [6, 6.07) is 0.174. The topological polar surface area (TPSA) is 80.9 Å². The van der Waals surface area contributed by atoms with Crippen molar-refractivity contribution in [3.8, 4) is 0 Å². The van der Waals surface area contributed by atoms with Gasteiger partial charge in [-0.05, 0) is 37.5 Å². The Hall–Kier alpha value is -1.22. The lowest BCUT2D eigenvalue weighted by Gasteiger charge is -2.43. The summed E-state index contributed by atoms with van der Waals surface area (Å²) in [5.41, 5.74) is 6.20. The lowest BCUT2D eigenvalue weighted by Crippen LogP contribution is -2.48. The van der Waals surface area contributed by atoms with Crippen molar-refractivity contribution >= 4 is 22.4 Å². The van der Waals surface area contributed by atoms with Gasteiger partial charge in [0.15, 0.2) is 0 Å². The molecule has 2 atom stereocenters. The number of rotatable bonds is 3. The zero-order valence-corrected chi connectivity index (χ0v) is 13.3. The minimum Gasteiger partial charge on any atom is -0.327 e. The zero-order chi connectivity index (χ0) is 16.6. The summed E-state index contributed by atoms with van der Waals surface area (Å²) in [5.74, 6) is 0.422. The molecule has 0 spiro atoms. The van der Waals surface area contributed by atoms with Gasteiger partial charge in [0.05, 0.1) is 6.42 Å². The van der Waals surface area contributed by atoms with E-state index >= 15 is 0 Å². The van der Waals surface area contributed by atoms with E-state index in [1.54, 1.807) is 0 Å². The molecule has 0 aliphatic heterocycles. The smallest absolute Gasteiger partial charge is 0.327 e. The van der Waals surface area contributed by atoms with Crippen LogP contribution in [0.25, 0.3) is 0 Å². The second-order valence-corrected chi connectivity index (χ2v) is 7.54. The SMILES string of the molecule is NC1C2CCCC1CC(C(=O)Nc1nnc(CC(F)(F)F)s1)C2. The highest BCUT2D eigenvalue weighted by Gasteiger charge is 2.40. The van der Waals surface area contributed by atoms with E-state index in [4.69, 9.17) is 5.73 Å². The number of nitrogens with zero attached hydrogens (tertiary/aromatic N) is 2. The molecule has 2 aliphatic carbocycles. The van der Waals surface area contributed by atoms with Gasteiger partial charge < -0.3 is 11.1 Å². The number of hydrogen-bond acceptors (Lipinski definition) is 5. The molecule has 3 N–H and O–H groups in total. The van der Waals surface area contributed by atoms with Crippen molar-refractivity contribution in [3.05, 3.63) is 5.01 Å². The molecule has 1 heterocycles. The van der Waals surface area contributed by atoms with E-state index in [9.17, 15) is 18.0 Å². The fraction of sp³-hybridized carbons (Fsp3) is 0.786. The highest BCUT2D eigenvalue weighted by molar-refractivity contribution is 7.15. The van der Waals surface area contributed by atoms with Gasteiger partial charge in [-0.1, -0.05) is 17.8 Å². The molecule has 0 saturated heterocycles. The van der Waals surface area contributed by atoms with E-state index in [1.807, 2.05) is 0 Å². The molecule has 0 radical (unpaired) electrons. The van der Waals surface area contributed by atoms with Gasteiger partial charge in [-0.3, -0.25) is 4.79 Å². The molecule has 23 heavy (non-hydrogen) atoms. The number of nitrogens with one attached hydrogen (secondary N) is 1. The van der Waals surface area contributed by atoms with Gasteiger partial charge >= 0.3 is 6.18 Å². The molecule has 3 rings (SSSR count). The molecule has 0 aromatic carbocycles. The highest BCUT2D eigenvalue weighted by atomic mass is 32.1. The summed E-state index contributed by atoms with van der Waals surface area (Å²) >= 11 is 0.775. The quantitative estimate of drug-likeness (QED) is 0.880. The molecular weight excluding hydrogens is 329 g/mol. The maximum Gasteiger partial charge on any atom is 0.395 e. The molecule has 2 aliphatic rings. The Bertz CT molecular complexity index is 563. The molecule has 2 bridgehead atoms. The fourth-order valence-electron chi connectivity index (χ4n) is 3.76. The molecular formula is C14H19F3N4OS. The lowest BCUT2D eigenvalue weighted by molar-refractivity contribution is -0.127. The number of carbonyl (C=O) groups excluding carboxylic acids is 1. The average molecular weight is 348 g/mol. The lowest BCUT2D eigenvalue weighted by atomic mass is 9.65. The van der Waals surface area contributed by atoms with E-state index in [-0.39, 0.29) is 28.0 Å². The number of alkyl halides is 3. The first-order valence-corrected chi connectivity index (χ1v) is 8.59. The van der Waals surface area contributed by atoms with Gasteiger partial charge in [-0.25, -0.2) is 0 Å². The number of fused-ring (bicyclic) bond motifs is 2. The molecule has 1 aromatic rings. The Balaban J connectivity index is 1.59. The second-order valence-electron chi connectivity index (χ2n) is 6.48. The summed E-state index contributed by atoms with van der Waals surface area (Å²) in [4.78, 5) is 12.4. The van der Waals surface area contributed by atoms with Crippen LogP contribution in [0, 0.1) is 17.8 Å². The predicted molar refractivity (Wildman–Crippen MR) is 79.8 cm³/mol. The van der Waals surface area contributed by atoms with Crippen LogP contribution in [-0.2, 0) is 11.2 Å². The molecule has 5 nitrogen and oxygen atoms in total.